The van der Waals surface area contributed by atoms with Gasteiger partial charge in [-0.3, -0.25) is 0 Å². The molecule has 2 aliphatic rings. The highest BCUT2D eigenvalue weighted by molar-refractivity contribution is 5.39. The maximum absolute atomic E-state index is 14.2. The van der Waals surface area contributed by atoms with E-state index in [0.717, 1.165) is 37.0 Å². The summed E-state index contributed by atoms with van der Waals surface area (Å²) in [6.07, 6.45) is 13.5. The van der Waals surface area contributed by atoms with Crippen molar-refractivity contribution in [3.63, 3.8) is 0 Å². The lowest BCUT2D eigenvalue weighted by Gasteiger charge is -2.36. The van der Waals surface area contributed by atoms with Crippen LogP contribution in [0.1, 0.15) is 75.8 Å². The summed E-state index contributed by atoms with van der Waals surface area (Å²) in [5.74, 6) is 7.62. The SMILES string of the molecule is C=C[C@H]1CC[C@H](C2CCC(C#Cc3c(F)cc(CCC)cc3F)CC2)CC1. The number of halogens is 2. The second-order valence-electron chi connectivity index (χ2n) is 8.48. The molecule has 0 atom stereocenters. The molecule has 0 spiro atoms. The van der Waals surface area contributed by atoms with Crippen LogP contribution in [0.3, 0.4) is 0 Å². The van der Waals surface area contributed by atoms with E-state index in [2.05, 4.69) is 24.5 Å². The fourth-order valence-corrected chi connectivity index (χ4v) is 4.94. The second-order valence-corrected chi connectivity index (χ2v) is 8.48. The highest BCUT2D eigenvalue weighted by Crippen LogP contribution is 2.41. The highest BCUT2D eigenvalue weighted by atomic mass is 19.1. The molecule has 0 N–H and O–H groups in total. The van der Waals surface area contributed by atoms with Gasteiger partial charge >= 0.3 is 0 Å². The Bertz CT molecular complexity index is 670. The number of hydrogen-bond donors (Lipinski definition) is 0. The van der Waals surface area contributed by atoms with E-state index in [1.165, 1.54) is 50.7 Å². The summed E-state index contributed by atoms with van der Waals surface area (Å²) < 4.78 is 28.4. The van der Waals surface area contributed by atoms with E-state index in [1.54, 1.807) is 0 Å². The zero-order chi connectivity index (χ0) is 19.2. The Labute approximate surface area is 163 Å². The molecule has 0 nitrogen and oxygen atoms in total. The Kier molecular flexibility index (Phi) is 7.11. The van der Waals surface area contributed by atoms with Crippen LogP contribution in [0, 0.1) is 47.1 Å². The third-order valence-corrected chi connectivity index (χ3v) is 6.63. The van der Waals surface area contributed by atoms with Gasteiger partial charge in [0.2, 0.25) is 0 Å². The van der Waals surface area contributed by atoms with Gasteiger partial charge < -0.3 is 0 Å². The molecule has 0 bridgehead atoms. The van der Waals surface area contributed by atoms with Crippen LogP contribution in [0.15, 0.2) is 24.8 Å². The summed E-state index contributed by atoms with van der Waals surface area (Å²) in [7, 11) is 0. The predicted octanol–water partition coefficient (Wildman–Crippen LogP) is 7.07. The molecule has 146 valence electrons. The summed E-state index contributed by atoms with van der Waals surface area (Å²) in [6.45, 7) is 5.94. The first-order valence-corrected chi connectivity index (χ1v) is 10.7. The van der Waals surface area contributed by atoms with E-state index >= 15 is 0 Å². The summed E-state index contributed by atoms with van der Waals surface area (Å²) in [4.78, 5) is 0. The van der Waals surface area contributed by atoms with Crippen molar-refractivity contribution in [3.8, 4) is 11.8 Å². The maximum atomic E-state index is 14.2. The van der Waals surface area contributed by atoms with Gasteiger partial charge in [-0.15, -0.1) is 6.58 Å². The number of benzene rings is 1. The smallest absolute Gasteiger partial charge is 0.142 e. The Morgan fingerprint density at radius 2 is 1.52 bits per heavy atom. The van der Waals surface area contributed by atoms with Gasteiger partial charge in [-0.25, -0.2) is 8.78 Å². The molecule has 0 aliphatic heterocycles. The molecule has 0 radical (unpaired) electrons. The third-order valence-electron chi connectivity index (χ3n) is 6.63. The molecule has 1 aromatic rings. The van der Waals surface area contributed by atoms with Crippen molar-refractivity contribution in [2.24, 2.45) is 23.7 Å². The van der Waals surface area contributed by atoms with E-state index < -0.39 is 11.6 Å². The molecule has 0 saturated heterocycles. The molecule has 0 aromatic heterocycles. The lowest BCUT2D eigenvalue weighted by Crippen LogP contribution is -2.25. The van der Waals surface area contributed by atoms with Crippen molar-refractivity contribution in [2.45, 2.75) is 71.1 Å². The fraction of sp³-hybridized carbons (Fsp3) is 0.600. The molecule has 0 heterocycles. The van der Waals surface area contributed by atoms with Gasteiger partial charge in [-0.1, -0.05) is 31.3 Å². The molecule has 0 amide bonds. The molecule has 3 rings (SSSR count). The van der Waals surface area contributed by atoms with Gasteiger partial charge in [-0.2, -0.15) is 0 Å². The third kappa shape index (κ3) is 5.22. The van der Waals surface area contributed by atoms with Crippen LogP contribution in [0.2, 0.25) is 0 Å². The number of rotatable bonds is 4. The second kappa shape index (κ2) is 9.54. The van der Waals surface area contributed by atoms with Crippen LogP contribution in [-0.4, -0.2) is 0 Å². The Morgan fingerprint density at radius 1 is 0.963 bits per heavy atom. The normalized spacial score (nSPS) is 28.3. The van der Waals surface area contributed by atoms with E-state index in [0.29, 0.717) is 12.0 Å². The first-order chi connectivity index (χ1) is 13.1. The highest BCUT2D eigenvalue weighted by Gasteiger charge is 2.29. The van der Waals surface area contributed by atoms with Crippen molar-refractivity contribution < 1.29 is 8.78 Å². The first-order valence-electron chi connectivity index (χ1n) is 10.7. The molecular formula is C25H32F2. The minimum absolute atomic E-state index is 0.0558. The molecule has 0 unspecified atom stereocenters. The van der Waals surface area contributed by atoms with Gasteiger partial charge in [0, 0.05) is 5.92 Å². The van der Waals surface area contributed by atoms with Crippen molar-refractivity contribution in [1.82, 2.24) is 0 Å². The summed E-state index contributed by atoms with van der Waals surface area (Å²) in [5, 5.41) is 0. The van der Waals surface area contributed by atoms with Gasteiger partial charge in [0.05, 0.1) is 5.56 Å². The summed E-state index contributed by atoms with van der Waals surface area (Å²) >= 11 is 0. The largest absolute Gasteiger partial charge is 0.206 e. The maximum Gasteiger partial charge on any atom is 0.142 e. The molecule has 1 aromatic carbocycles. The average Bonchev–Trinajstić information content (AvgIpc) is 2.68. The van der Waals surface area contributed by atoms with E-state index in [4.69, 9.17) is 0 Å². The minimum atomic E-state index is -0.515. The van der Waals surface area contributed by atoms with Gasteiger partial charge in [-0.05, 0) is 93.2 Å². The van der Waals surface area contributed by atoms with Crippen molar-refractivity contribution in [1.29, 1.82) is 0 Å². The molecule has 2 aliphatic carbocycles. The average molecular weight is 371 g/mol. The zero-order valence-electron chi connectivity index (χ0n) is 16.6. The van der Waals surface area contributed by atoms with Crippen molar-refractivity contribution in [2.75, 3.05) is 0 Å². The van der Waals surface area contributed by atoms with Gasteiger partial charge in [0.1, 0.15) is 11.6 Å². The Balaban J connectivity index is 1.55. The summed E-state index contributed by atoms with van der Waals surface area (Å²) in [5.41, 5.74) is 0.657. The molecular weight excluding hydrogens is 338 g/mol. The van der Waals surface area contributed by atoms with Gasteiger partial charge in [0.15, 0.2) is 0 Å². The number of aryl methyl sites for hydroxylation is 1. The van der Waals surface area contributed by atoms with Crippen molar-refractivity contribution >= 4 is 0 Å². The zero-order valence-corrected chi connectivity index (χ0v) is 16.6. The minimum Gasteiger partial charge on any atom is -0.206 e. The Hall–Kier alpha value is -1.62. The van der Waals surface area contributed by atoms with Crippen LogP contribution < -0.4 is 0 Å². The van der Waals surface area contributed by atoms with Crippen LogP contribution >= 0.6 is 0 Å². The van der Waals surface area contributed by atoms with Crippen LogP contribution in [-0.2, 0) is 6.42 Å². The first kappa shape index (κ1) is 20.1. The van der Waals surface area contributed by atoms with Crippen molar-refractivity contribution in [3.05, 3.63) is 47.5 Å². The summed E-state index contributed by atoms with van der Waals surface area (Å²) in [6, 6.07) is 2.88. The topological polar surface area (TPSA) is 0 Å². The molecule has 2 saturated carbocycles. The van der Waals surface area contributed by atoms with Crippen LogP contribution in [0.25, 0.3) is 0 Å². The molecule has 27 heavy (non-hydrogen) atoms. The van der Waals surface area contributed by atoms with E-state index in [-0.39, 0.29) is 11.5 Å². The number of allylic oxidation sites excluding steroid dienone is 1. The Morgan fingerprint density at radius 3 is 2.04 bits per heavy atom. The van der Waals surface area contributed by atoms with Crippen LogP contribution in [0.4, 0.5) is 8.78 Å². The standard InChI is InChI=1S/C25H32F2/c1-3-5-20-16-24(26)23(25(27)17-20)15-10-19-8-13-22(14-9-19)21-11-6-18(4-2)7-12-21/h4,16-19,21-22H,2-3,5-9,11-14H2,1H3/t18-,19?,21-,22?. The molecule has 2 fully saturated rings. The quantitative estimate of drug-likeness (QED) is 0.393. The van der Waals surface area contributed by atoms with E-state index in [9.17, 15) is 8.78 Å². The lowest BCUT2D eigenvalue weighted by atomic mass is 9.69. The molecule has 2 heteroatoms. The number of hydrogen-bond acceptors (Lipinski definition) is 0. The lowest BCUT2D eigenvalue weighted by molar-refractivity contribution is 0.168. The van der Waals surface area contributed by atoms with E-state index in [1.807, 2.05) is 6.92 Å². The fourth-order valence-electron chi connectivity index (χ4n) is 4.94. The monoisotopic (exact) mass is 370 g/mol. The predicted molar refractivity (Wildman–Crippen MR) is 108 cm³/mol. The van der Waals surface area contributed by atoms with Crippen LogP contribution in [0.5, 0.6) is 0 Å². The van der Waals surface area contributed by atoms with Gasteiger partial charge in [0.25, 0.3) is 0 Å².